The number of amides is 1. The van der Waals surface area contributed by atoms with Gasteiger partial charge in [-0.2, -0.15) is 0 Å². The van der Waals surface area contributed by atoms with Crippen molar-refractivity contribution in [1.29, 1.82) is 0 Å². The van der Waals surface area contributed by atoms with Gasteiger partial charge < -0.3 is 20.3 Å². The number of primary amides is 1. The van der Waals surface area contributed by atoms with Gasteiger partial charge in [0.25, 0.3) is 0 Å². The van der Waals surface area contributed by atoms with E-state index in [2.05, 4.69) is 0 Å². The van der Waals surface area contributed by atoms with Gasteiger partial charge in [0.1, 0.15) is 12.7 Å². The van der Waals surface area contributed by atoms with Gasteiger partial charge in [0.15, 0.2) is 5.75 Å². The van der Waals surface area contributed by atoms with Crippen molar-refractivity contribution in [2.75, 3.05) is 6.61 Å². The van der Waals surface area contributed by atoms with Crippen LogP contribution in [0.1, 0.15) is 11.1 Å². The molecular formula is C17H18N2O6. The highest BCUT2D eigenvalue weighted by Gasteiger charge is 2.18. The highest BCUT2D eigenvalue weighted by atomic mass is 16.6. The van der Waals surface area contributed by atoms with Crippen molar-refractivity contribution in [2.45, 2.75) is 19.1 Å². The zero-order valence-electron chi connectivity index (χ0n) is 13.3. The summed E-state index contributed by atoms with van der Waals surface area (Å²) in [6.45, 7) is -0.244. The average molecular weight is 346 g/mol. The quantitative estimate of drug-likeness (QED) is 0.557. The first-order valence-electron chi connectivity index (χ1n) is 7.50. The van der Waals surface area contributed by atoms with Gasteiger partial charge in [-0.25, -0.2) is 4.79 Å². The average Bonchev–Trinajstić information content (AvgIpc) is 2.59. The number of carbonyl (C=O) groups excluding carboxylic acids is 1. The first-order chi connectivity index (χ1) is 12.0. The summed E-state index contributed by atoms with van der Waals surface area (Å²) in [7, 11) is 0. The third-order valence-electron chi connectivity index (χ3n) is 3.41. The van der Waals surface area contributed by atoms with Crippen LogP contribution in [-0.4, -0.2) is 28.8 Å². The molecule has 2 rings (SSSR count). The molecule has 3 N–H and O–H groups in total. The number of nitrogens with zero attached hydrogens (tertiary/aromatic N) is 1. The molecule has 0 aliphatic rings. The predicted octanol–water partition coefficient (Wildman–Crippen LogP) is 2.17. The molecule has 8 nitrogen and oxygen atoms in total. The van der Waals surface area contributed by atoms with Gasteiger partial charge in [-0.05, 0) is 17.2 Å². The van der Waals surface area contributed by atoms with E-state index in [1.54, 1.807) is 0 Å². The van der Waals surface area contributed by atoms with E-state index in [0.29, 0.717) is 5.56 Å². The summed E-state index contributed by atoms with van der Waals surface area (Å²) in [4.78, 5) is 21.4. The molecule has 1 unspecified atom stereocenters. The second-order valence-electron chi connectivity index (χ2n) is 5.28. The number of ether oxygens (including phenoxy) is 2. The fourth-order valence-corrected chi connectivity index (χ4v) is 2.26. The maximum absolute atomic E-state index is 11.2. The highest BCUT2D eigenvalue weighted by Crippen LogP contribution is 2.29. The third kappa shape index (κ3) is 5.47. The number of nitro benzene ring substituents is 1. The molecule has 0 bridgehead atoms. The van der Waals surface area contributed by atoms with Crippen LogP contribution in [0.15, 0.2) is 48.5 Å². The Morgan fingerprint density at radius 2 is 1.92 bits per heavy atom. The molecule has 0 saturated carbocycles. The normalized spacial score (nSPS) is 11.6. The summed E-state index contributed by atoms with van der Waals surface area (Å²) in [6, 6.07) is 13.6. The number of benzene rings is 2. The summed E-state index contributed by atoms with van der Waals surface area (Å²) in [6.07, 6.45) is -1.68. The van der Waals surface area contributed by atoms with Crippen molar-refractivity contribution in [3.63, 3.8) is 0 Å². The molecule has 132 valence electrons. The number of nitro groups is 1. The molecule has 2 aromatic carbocycles. The van der Waals surface area contributed by atoms with Crippen LogP contribution in [0, 0.1) is 10.1 Å². The van der Waals surface area contributed by atoms with E-state index in [1.807, 2.05) is 30.3 Å². The predicted molar refractivity (Wildman–Crippen MR) is 89.1 cm³/mol. The first kappa shape index (κ1) is 18.2. The number of carbonyl (C=O) groups is 1. The van der Waals surface area contributed by atoms with Gasteiger partial charge in [-0.1, -0.05) is 36.4 Å². The maximum atomic E-state index is 11.2. The summed E-state index contributed by atoms with van der Waals surface area (Å²) in [5, 5.41) is 20.4. The van der Waals surface area contributed by atoms with Crippen LogP contribution in [0.3, 0.4) is 0 Å². The second-order valence-corrected chi connectivity index (χ2v) is 5.28. The van der Waals surface area contributed by atoms with Gasteiger partial charge in [-0.15, -0.1) is 0 Å². The largest absolute Gasteiger partial charge is 0.482 e. The van der Waals surface area contributed by atoms with E-state index in [0.717, 1.165) is 5.56 Å². The SMILES string of the molecule is NC(=O)OC(CO)Cc1ccc([N+](=O)[O-])c(OCc2ccccc2)c1. The molecule has 0 spiro atoms. The van der Waals surface area contributed by atoms with Gasteiger partial charge in [0.05, 0.1) is 11.5 Å². The lowest BCUT2D eigenvalue weighted by molar-refractivity contribution is -0.386. The van der Waals surface area contributed by atoms with Gasteiger partial charge in [0, 0.05) is 12.5 Å². The van der Waals surface area contributed by atoms with Crippen LogP contribution in [0.25, 0.3) is 0 Å². The number of nitrogens with two attached hydrogens (primary N) is 1. The monoisotopic (exact) mass is 346 g/mol. The molecule has 0 aromatic heterocycles. The van der Waals surface area contributed by atoms with E-state index < -0.39 is 23.7 Å². The minimum Gasteiger partial charge on any atom is -0.482 e. The Labute approximate surface area is 143 Å². The third-order valence-corrected chi connectivity index (χ3v) is 3.41. The van der Waals surface area contributed by atoms with E-state index in [1.165, 1.54) is 18.2 Å². The Balaban J connectivity index is 2.17. The Morgan fingerprint density at radius 3 is 2.52 bits per heavy atom. The summed E-state index contributed by atoms with van der Waals surface area (Å²) in [5.41, 5.74) is 6.25. The van der Waals surface area contributed by atoms with Gasteiger partial charge in [0.2, 0.25) is 0 Å². The summed E-state index contributed by atoms with van der Waals surface area (Å²) < 4.78 is 10.3. The fourth-order valence-electron chi connectivity index (χ4n) is 2.26. The van der Waals surface area contributed by atoms with Crippen molar-refractivity contribution >= 4 is 11.8 Å². The molecule has 0 heterocycles. The maximum Gasteiger partial charge on any atom is 0.404 e. The zero-order valence-corrected chi connectivity index (χ0v) is 13.3. The van der Waals surface area contributed by atoms with Gasteiger partial charge in [-0.3, -0.25) is 10.1 Å². The molecule has 0 aliphatic heterocycles. The van der Waals surface area contributed by atoms with Crippen LogP contribution in [0.2, 0.25) is 0 Å². The van der Waals surface area contributed by atoms with Crippen molar-refractivity contribution in [1.82, 2.24) is 0 Å². The molecule has 0 radical (unpaired) electrons. The number of hydrogen-bond donors (Lipinski definition) is 2. The smallest absolute Gasteiger partial charge is 0.404 e. The molecule has 8 heteroatoms. The Kier molecular flexibility index (Phi) is 6.30. The molecule has 2 aromatic rings. The van der Waals surface area contributed by atoms with E-state index in [-0.39, 0.29) is 24.5 Å². The lowest BCUT2D eigenvalue weighted by Crippen LogP contribution is -2.27. The van der Waals surface area contributed by atoms with Crippen molar-refractivity contribution in [3.05, 3.63) is 69.8 Å². The van der Waals surface area contributed by atoms with E-state index >= 15 is 0 Å². The van der Waals surface area contributed by atoms with Gasteiger partial charge >= 0.3 is 11.8 Å². The number of rotatable bonds is 8. The van der Waals surface area contributed by atoms with E-state index in [4.69, 9.17) is 15.2 Å². The standard InChI is InChI=1S/C17H18N2O6/c18-17(21)25-14(10-20)8-13-6-7-15(19(22)23)16(9-13)24-11-12-4-2-1-3-5-12/h1-7,9,14,20H,8,10-11H2,(H2,18,21). The summed E-state index contributed by atoms with van der Waals surface area (Å²) in [5.74, 6) is 0.0992. The molecule has 0 aliphatic carbocycles. The molecule has 1 atom stereocenters. The van der Waals surface area contributed by atoms with Crippen LogP contribution in [0.4, 0.5) is 10.5 Å². The highest BCUT2D eigenvalue weighted by molar-refractivity contribution is 5.64. The van der Waals surface area contributed by atoms with Crippen molar-refractivity contribution in [2.24, 2.45) is 5.73 Å². The second kappa shape index (κ2) is 8.65. The minimum atomic E-state index is -0.999. The van der Waals surface area contributed by atoms with E-state index in [9.17, 15) is 20.0 Å². The first-order valence-corrected chi connectivity index (χ1v) is 7.50. The minimum absolute atomic E-state index is 0.0992. The van der Waals surface area contributed by atoms with Crippen LogP contribution in [0.5, 0.6) is 5.75 Å². The lowest BCUT2D eigenvalue weighted by atomic mass is 10.1. The summed E-state index contributed by atoms with van der Waals surface area (Å²) >= 11 is 0. The lowest BCUT2D eigenvalue weighted by Gasteiger charge is -2.15. The van der Waals surface area contributed by atoms with Crippen LogP contribution < -0.4 is 10.5 Å². The number of hydrogen-bond acceptors (Lipinski definition) is 6. The molecule has 0 saturated heterocycles. The number of aliphatic hydroxyl groups excluding tert-OH is 1. The fraction of sp³-hybridized carbons (Fsp3) is 0.235. The zero-order chi connectivity index (χ0) is 18.2. The Morgan fingerprint density at radius 1 is 1.20 bits per heavy atom. The Bertz CT molecular complexity index is 735. The molecule has 25 heavy (non-hydrogen) atoms. The Hall–Kier alpha value is -3.13. The van der Waals surface area contributed by atoms with Crippen LogP contribution >= 0.6 is 0 Å². The van der Waals surface area contributed by atoms with Crippen molar-refractivity contribution < 1.29 is 24.3 Å². The van der Waals surface area contributed by atoms with Crippen LogP contribution in [-0.2, 0) is 17.8 Å². The topological polar surface area (TPSA) is 125 Å². The number of aliphatic hydroxyl groups is 1. The molecular weight excluding hydrogens is 328 g/mol. The molecule has 1 amide bonds. The molecule has 0 fully saturated rings. The van der Waals surface area contributed by atoms with Crippen molar-refractivity contribution in [3.8, 4) is 5.75 Å².